The van der Waals surface area contributed by atoms with Crippen LogP contribution in [0.15, 0.2) is 48.5 Å². The number of ketones is 1. The van der Waals surface area contributed by atoms with Gasteiger partial charge in [0.2, 0.25) is 5.91 Å². The maximum atomic E-state index is 13.2. The van der Waals surface area contributed by atoms with Gasteiger partial charge in [-0.3, -0.25) is 9.59 Å². The number of hydrogen-bond acceptors (Lipinski definition) is 3. The molecule has 138 valence electrons. The third kappa shape index (κ3) is 3.14. The van der Waals surface area contributed by atoms with Crippen molar-refractivity contribution in [3.63, 3.8) is 0 Å². The number of hydrogen-bond donors (Lipinski definition) is 2. The minimum atomic E-state index is -1.08. The minimum Gasteiger partial charge on any atom is -0.480 e. The molecule has 1 saturated carbocycles. The highest BCUT2D eigenvalue weighted by molar-refractivity contribution is 5.98. The zero-order chi connectivity index (χ0) is 19.0. The van der Waals surface area contributed by atoms with Crippen LogP contribution in [0.1, 0.15) is 42.7 Å². The lowest BCUT2D eigenvalue weighted by molar-refractivity contribution is -0.144. The van der Waals surface area contributed by atoms with E-state index in [1.165, 1.54) is 0 Å². The van der Waals surface area contributed by atoms with Crippen molar-refractivity contribution in [3.05, 3.63) is 59.7 Å². The third-order valence-electron chi connectivity index (χ3n) is 5.65. The largest absolute Gasteiger partial charge is 0.480 e. The van der Waals surface area contributed by atoms with E-state index in [1.54, 1.807) is 0 Å². The van der Waals surface area contributed by atoms with Crippen LogP contribution in [0, 0.1) is 5.92 Å². The fourth-order valence-electron chi connectivity index (χ4n) is 4.40. The topological polar surface area (TPSA) is 83.5 Å². The van der Waals surface area contributed by atoms with Crippen molar-refractivity contribution in [3.8, 4) is 11.1 Å². The van der Waals surface area contributed by atoms with Gasteiger partial charge >= 0.3 is 5.97 Å². The summed E-state index contributed by atoms with van der Waals surface area (Å²) in [7, 11) is 0. The van der Waals surface area contributed by atoms with E-state index in [2.05, 4.69) is 5.32 Å². The molecule has 2 N–H and O–H groups in total. The summed E-state index contributed by atoms with van der Waals surface area (Å²) in [6.45, 7) is 0. The maximum Gasteiger partial charge on any atom is 0.326 e. The quantitative estimate of drug-likeness (QED) is 0.874. The smallest absolute Gasteiger partial charge is 0.326 e. The molecule has 0 saturated heterocycles. The Labute approximate surface area is 157 Å². The van der Waals surface area contributed by atoms with Crippen LogP contribution in [0.25, 0.3) is 11.1 Å². The molecule has 2 aliphatic rings. The lowest BCUT2D eigenvalue weighted by atomic mass is 9.82. The average Bonchev–Trinajstić information content (AvgIpc) is 3.00. The van der Waals surface area contributed by atoms with Gasteiger partial charge in [0, 0.05) is 12.8 Å². The summed E-state index contributed by atoms with van der Waals surface area (Å²) in [5.74, 6) is -2.21. The van der Waals surface area contributed by atoms with E-state index >= 15 is 0 Å². The molecule has 1 fully saturated rings. The first-order valence-electron chi connectivity index (χ1n) is 9.29. The number of fused-ring (bicyclic) bond motifs is 3. The van der Waals surface area contributed by atoms with Gasteiger partial charge < -0.3 is 10.4 Å². The molecule has 0 aliphatic heterocycles. The van der Waals surface area contributed by atoms with Gasteiger partial charge in [0.05, 0.1) is 5.92 Å². The zero-order valence-corrected chi connectivity index (χ0v) is 14.9. The van der Waals surface area contributed by atoms with Gasteiger partial charge in [-0.05, 0) is 41.0 Å². The van der Waals surface area contributed by atoms with E-state index in [0.717, 1.165) is 22.3 Å². The van der Waals surface area contributed by atoms with Gasteiger partial charge in [0.1, 0.15) is 11.8 Å². The standard InChI is InChI=1S/C22H21NO4/c24-14-7-5-6-13(12-14)20(22(26)27)23-21(25)19-17-10-3-1-8-15(17)16-9-2-4-11-18(16)19/h1-4,8-11,13,19-20H,5-7,12H2,(H,23,25)(H,26,27)/t13-,20+/m1/s1. The SMILES string of the molecule is O=C1CCC[C@@H]([C@H](NC(=O)C2c3ccccc3-c3ccccc32)C(=O)O)C1. The molecule has 2 atom stereocenters. The van der Waals surface area contributed by atoms with E-state index in [1.807, 2.05) is 48.5 Å². The lowest BCUT2D eigenvalue weighted by Crippen LogP contribution is -2.48. The Hall–Kier alpha value is -2.95. The van der Waals surface area contributed by atoms with Gasteiger partial charge in [0.25, 0.3) is 0 Å². The Morgan fingerprint density at radius 2 is 1.59 bits per heavy atom. The molecule has 0 bridgehead atoms. The van der Waals surface area contributed by atoms with E-state index < -0.39 is 17.9 Å². The van der Waals surface area contributed by atoms with Crippen LogP contribution >= 0.6 is 0 Å². The minimum absolute atomic E-state index is 0.0725. The van der Waals surface area contributed by atoms with E-state index in [4.69, 9.17) is 0 Å². The monoisotopic (exact) mass is 363 g/mol. The Bertz CT molecular complexity index is 875. The third-order valence-corrected chi connectivity index (χ3v) is 5.65. The molecular formula is C22H21NO4. The summed E-state index contributed by atoms with van der Waals surface area (Å²) in [5, 5.41) is 12.4. The van der Waals surface area contributed by atoms with Crippen LogP contribution in [-0.4, -0.2) is 28.8 Å². The predicted molar refractivity (Wildman–Crippen MR) is 100 cm³/mol. The van der Waals surface area contributed by atoms with Gasteiger partial charge in [-0.1, -0.05) is 48.5 Å². The number of nitrogens with one attached hydrogen (secondary N) is 1. The number of carbonyl (C=O) groups excluding carboxylic acids is 2. The molecule has 0 spiro atoms. The number of carbonyl (C=O) groups is 3. The first-order chi connectivity index (χ1) is 13.1. The molecule has 2 aliphatic carbocycles. The van der Waals surface area contributed by atoms with Gasteiger partial charge in [-0.25, -0.2) is 4.79 Å². The Morgan fingerprint density at radius 3 is 2.15 bits per heavy atom. The average molecular weight is 363 g/mol. The summed E-state index contributed by atoms with van der Waals surface area (Å²) >= 11 is 0. The van der Waals surface area contributed by atoms with Gasteiger partial charge in [-0.2, -0.15) is 0 Å². The fraction of sp³-hybridized carbons (Fsp3) is 0.318. The van der Waals surface area contributed by atoms with Crippen molar-refractivity contribution in [2.75, 3.05) is 0 Å². The van der Waals surface area contributed by atoms with Crippen LogP contribution in [0.4, 0.5) is 0 Å². The number of Topliss-reactive ketones (excluding diaryl/α,β-unsaturated/α-hetero) is 1. The second-order valence-electron chi connectivity index (χ2n) is 7.33. The van der Waals surface area contributed by atoms with Crippen molar-refractivity contribution in [2.45, 2.75) is 37.6 Å². The van der Waals surface area contributed by atoms with Crippen molar-refractivity contribution in [1.82, 2.24) is 5.32 Å². The highest BCUT2D eigenvalue weighted by Gasteiger charge is 2.38. The molecule has 0 aromatic heterocycles. The van der Waals surface area contributed by atoms with Crippen LogP contribution in [0.3, 0.4) is 0 Å². The van der Waals surface area contributed by atoms with Crippen molar-refractivity contribution in [2.24, 2.45) is 5.92 Å². The van der Waals surface area contributed by atoms with E-state index in [-0.39, 0.29) is 24.0 Å². The number of amides is 1. The van der Waals surface area contributed by atoms with Crippen molar-refractivity contribution < 1.29 is 19.5 Å². The first kappa shape index (κ1) is 17.5. The molecule has 5 nitrogen and oxygen atoms in total. The summed E-state index contributed by atoms with van der Waals surface area (Å²) in [6.07, 6.45) is 2.04. The number of rotatable bonds is 4. The summed E-state index contributed by atoms with van der Waals surface area (Å²) < 4.78 is 0. The number of aliphatic carboxylic acids is 1. The lowest BCUT2D eigenvalue weighted by Gasteiger charge is -2.28. The fourth-order valence-corrected chi connectivity index (χ4v) is 4.40. The molecule has 27 heavy (non-hydrogen) atoms. The Morgan fingerprint density at radius 1 is 1.00 bits per heavy atom. The summed E-state index contributed by atoms with van der Waals surface area (Å²) in [5.41, 5.74) is 3.79. The highest BCUT2D eigenvalue weighted by Crippen LogP contribution is 2.44. The number of carboxylic acid groups (broad SMARTS) is 1. The second-order valence-corrected chi connectivity index (χ2v) is 7.33. The summed E-state index contributed by atoms with van der Waals surface area (Å²) in [6, 6.07) is 14.4. The number of carboxylic acids is 1. The molecule has 4 rings (SSSR count). The van der Waals surface area contributed by atoms with Crippen LogP contribution in [0.5, 0.6) is 0 Å². The molecule has 0 heterocycles. The molecule has 0 unspecified atom stereocenters. The molecular weight excluding hydrogens is 342 g/mol. The van der Waals surface area contributed by atoms with E-state index in [9.17, 15) is 19.5 Å². The van der Waals surface area contributed by atoms with Crippen LogP contribution < -0.4 is 5.32 Å². The Balaban J connectivity index is 1.64. The summed E-state index contributed by atoms with van der Waals surface area (Å²) in [4.78, 5) is 36.7. The maximum absolute atomic E-state index is 13.2. The molecule has 2 aromatic rings. The van der Waals surface area contributed by atoms with Crippen LogP contribution in [-0.2, 0) is 14.4 Å². The zero-order valence-electron chi connectivity index (χ0n) is 14.9. The van der Waals surface area contributed by atoms with Crippen molar-refractivity contribution in [1.29, 1.82) is 0 Å². The Kier molecular flexibility index (Phi) is 4.52. The van der Waals surface area contributed by atoms with Gasteiger partial charge in [-0.15, -0.1) is 0 Å². The van der Waals surface area contributed by atoms with Gasteiger partial charge in [0.15, 0.2) is 0 Å². The molecule has 2 aromatic carbocycles. The number of benzene rings is 2. The highest BCUT2D eigenvalue weighted by atomic mass is 16.4. The normalized spacial score (nSPS) is 19.9. The van der Waals surface area contributed by atoms with Crippen LogP contribution in [0.2, 0.25) is 0 Å². The van der Waals surface area contributed by atoms with E-state index in [0.29, 0.717) is 19.3 Å². The first-order valence-corrected chi connectivity index (χ1v) is 9.29. The molecule has 1 amide bonds. The molecule has 0 radical (unpaired) electrons. The predicted octanol–water partition coefficient (Wildman–Crippen LogP) is 3.13. The molecule has 5 heteroatoms. The van der Waals surface area contributed by atoms with Crippen molar-refractivity contribution >= 4 is 17.7 Å². The second kappa shape index (κ2) is 6.99.